The van der Waals surface area contributed by atoms with Crippen LogP contribution < -0.4 is 0 Å². The minimum absolute atomic E-state index is 0.210. The van der Waals surface area contributed by atoms with E-state index in [0.29, 0.717) is 12.8 Å². The summed E-state index contributed by atoms with van der Waals surface area (Å²) in [4.78, 5) is 16.2. The van der Waals surface area contributed by atoms with Crippen molar-refractivity contribution in [2.45, 2.75) is 33.2 Å². The van der Waals surface area contributed by atoms with E-state index in [4.69, 9.17) is 0 Å². The molecule has 0 N–H and O–H groups in total. The Balaban J connectivity index is 2.01. The summed E-state index contributed by atoms with van der Waals surface area (Å²) < 4.78 is 2.01. The number of carbonyl (C=O) groups excluding carboxylic acids is 1. The van der Waals surface area contributed by atoms with Gasteiger partial charge in [0.05, 0.1) is 6.42 Å². The van der Waals surface area contributed by atoms with Crippen molar-refractivity contribution in [1.82, 2.24) is 9.55 Å². The molecule has 1 aromatic heterocycles. The molecule has 0 saturated heterocycles. The Hall–Kier alpha value is -1.90. The van der Waals surface area contributed by atoms with Gasteiger partial charge in [-0.3, -0.25) is 4.79 Å². The van der Waals surface area contributed by atoms with Gasteiger partial charge in [-0.2, -0.15) is 0 Å². The maximum absolute atomic E-state index is 12.0. The Bertz CT molecular complexity index is 543. The highest BCUT2D eigenvalue weighted by Gasteiger charge is 2.09. The second-order valence-electron chi connectivity index (χ2n) is 4.51. The molecule has 94 valence electrons. The van der Waals surface area contributed by atoms with Gasteiger partial charge in [0.2, 0.25) is 0 Å². The van der Waals surface area contributed by atoms with Gasteiger partial charge in [-0.1, -0.05) is 29.8 Å². The standard InChI is InChI=1S/C15H18N2O/c1-3-17-8-7-16-15(17)11-14(18)10-13-6-4-5-12(2)9-13/h4-9H,3,10-11H2,1-2H3. The van der Waals surface area contributed by atoms with Crippen molar-refractivity contribution in [3.63, 3.8) is 0 Å². The molecular weight excluding hydrogens is 224 g/mol. The number of rotatable bonds is 5. The second kappa shape index (κ2) is 5.63. The summed E-state index contributed by atoms with van der Waals surface area (Å²) in [5, 5.41) is 0. The topological polar surface area (TPSA) is 34.9 Å². The molecular formula is C15H18N2O. The lowest BCUT2D eigenvalue weighted by Crippen LogP contribution is -2.11. The van der Waals surface area contributed by atoms with Crippen molar-refractivity contribution in [2.24, 2.45) is 0 Å². The number of imidazole rings is 1. The number of nitrogens with zero attached hydrogens (tertiary/aromatic N) is 2. The van der Waals surface area contributed by atoms with Gasteiger partial charge >= 0.3 is 0 Å². The van der Waals surface area contributed by atoms with Crippen LogP contribution in [0.15, 0.2) is 36.7 Å². The predicted molar refractivity (Wildman–Crippen MR) is 71.5 cm³/mol. The number of Topliss-reactive ketones (excluding diaryl/α,β-unsaturated/α-hetero) is 1. The highest BCUT2D eigenvalue weighted by atomic mass is 16.1. The molecule has 0 saturated carbocycles. The van der Waals surface area contributed by atoms with E-state index in [9.17, 15) is 4.79 Å². The van der Waals surface area contributed by atoms with Crippen molar-refractivity contribution in [1.29, 1.82) is 0 Å². The molecule has 3 heteroatoms. The molecule has 0 amide bonds. The normalized spacial score (nSPS) is 10.6. The van der Waals surface area contributed by atoms with Crippen LogP contribution in [0.5, 0.6) is 0 Å². The van der Waals surface area contributed by atoms with Crippen molar-refractivity contribution in [3.05, 3.63) is 53.6 Å². The van der Waals surface area contributed by atoms with Gasteiger partial charge < -0.3 is 4.57 Å². The number of hydrogen-bond donors (Lipinski definition) is 0. The average Bonchev–Trinajstić information content (AvgIpc) is 2.76. The fourth-order valence-electron chi connectivity index (χ4n) is 2.08. The van der Waals surface area contributed by atoms with E-state index in [1.807, 2.05) is 35.9 Å². The highest BCUT2D eigenvalue weighted by Crippen LogP contribution is 2.07. The first-order chi connectivity index (χ1) is 8.69. The lowest BCUT2D eigenvalue weighted by Gasteiger charge is -2.05. The van der Waals surface area contributed by atoms with Crippen LogP contribution in [0.1, 0.15) is 23.9 Å². The third kappa shape index (κ3) is 3.06. The zero-order valence-corrected chi connectivity index (χ0v) is 10.9. The summed E-state index contributed by atoms with van der Waals surface area (Å²) in [6.45, 7) is 4.95. The maximum atomic E-state index is 12.0. The average molecular weight is 242 g/mol. The summed E-state index contributed by atoms with van der Waals surface area (Å²) in [5.41, 5.74) is 2.27. The molecule has 0 fully saturated rings. The van der Waals surface area contributed by atoms with Gasteiger partial charge in [0.15, 0.2) is 0 Å². The molecule has 0 radical (unpaired) electrons. The monoisotopic (exact) mass is 242 g/mol. The minimum atomic E-state index is 0.210. The number of ketones is 1. The molecule has 0 spiro atoms. The molecule has 1 heterocycles. The Kier molecular flexibility index (Phi) is 3.92. The second-order valence-corrected chi connectivity index (χ2v) is 4.51. The number of benzene rings is 1. The van der Waals surface area contributed by atoms with E-state index in [0.717, 1.165) is 17.9 Å². The fraction of sp³-hybridized carbons (Fsp3) is 0.333. The Morgan fingerprint density at radius 3 is 2.89 bits per heavy atom. The first-order valence-electron chi connectivity index (χ1n) is 6.26. The van der Waals surface area contributed by atoms with Crippen LogP contribution in [0.2, 0.25) is 0 Å². The molecule has 2 rings (SSSR count). The van der Waals surface area contributed by atoms with E-state index >= 15 is 0 Å². The SMILES string of the molecule is CCn1ccnc1CC(=O)Cc1cccc(C)c1. The van der Waals surface area contributed by atoms with E-state index in [1.165, 1.54) is 5.56 Å². The number of hydrogen-bond acceptors (Lipinski definition) is 2. The van der Waals surface area contributed by atoms with E-state index in [1.54, 1.807) is 6.20 Å². The van der Waals surface area contributed by atoms with Gasteiger partial charge in [0.25, 0.3) is 0 Å². The molecule has 3 nitrogen and oxygen atoms in total. The van der Waals surface area contributed by atoms with E-state index < -0.39 is 0 Å². The van der Waals surface area contributed by atoms with Crippen LogP contribution in [-0.4, -0.2) is 15.3 Å². The zero-order chi connectivity index (χ0) is 13.0. The van der Waals surface area contributed by atoms with Gasteiger partial charge in [0.1, 0.15) is 11.6 Å². The Labute approximate surface area is 107 Å². The molecule has 2 aromatic rings. The molecule has 0 aliphatic carbocycles. The molecule has 1 aromatic carbocycles. The summed E-state index contributed by atoms with van der Waals surface area (Å²) in [6.07, 6.45) is 4.56. The smallest absolute Gasteiger partial charge is 0.144 e. The number of aromatic nitrogens is 2. The first kappa shape index (κ1) is 12.6. The summed E-state index contributed by atoms with van der Waals surface area (Å²) in [5.74, 6) is 1.07. The Morgan fingerprint density at radius 1 is 1.33 bits per heavy atom. The third-order valence-electron chi connectivity index (χ3n) is 2.98. The number of carbonyl (C=O) groups is 1. The molecule has 0 atom stereocenters. The van der Waals surface area contributed by atoms with Gasteiger partial charge in [0, 0.05) is 25.4 Å². The van der Waals surface area contributed by atoms with Crippen molar-refractivity contribution in [3.8, 4) is 0 Å². The van der Waals surface area contributed by atoms with Crippen LogP contribution in [0.4, 0.5) is 0 Å². The third-order valence-corrected chi connectivity index (χ3v) is 2.98. The zero-order valence-electron chi connectivity index (χ0n) is 10.9. The quantitative estimate of drug-likeness (QED) is 0.807. The van der Waals surface area contributed by atoms with Crippen LogP contribution in [0.25, 0.3) is 0 Å². The van der Waals surface area contributed by atoms with Gasteiger partial charge in [-0.05, 0) is 19.4 Å². The molecule has 0 unspecified atom stereocenters. The maximum Gasteiger partial charge on any atom is 0.144 e. The summed E-state index contributed by atoms with van der Waals surface area (Å²) in [6, 6.07) is 8.09. The van der Waals surface area contributed by atoms with Crippen LogP contribution in [0.3, 0.4) is 0 Å². The number of aryl methyl sites for hydroxylation is 2. The summed E-state index contributed by atoms with van der Waals surface area (Å²) >= 11 is 0. The lowest BCUT2D eigenvalue weighted by atomic mass is 10.0. The first-order valence-corrected chi connectivity index (χ1v) is 6.26. The van der Waals surface area contributed by atoms with Crippen LogP contribution >= 0.6 is 0 Å². The van der Waals surface area contributed by atoms with Crippen molar-refractivity contribution in [2.75, 3.05) is 0 Å². The van der Waals surface area contributed by atoms with Crippen LogP contribution in [-0.2, 0) is 24.2 Å². The molecule has 0 aliphatic rings. The lowest BCUT2D eigenvalue weighted by molar-refractivity contribution is -0.117. The largest absolute Gasteiger partial charge is 0.335 e. The molecule has 0 bridgehead atoms. The van der Waals surface area contributed by atoms with E-state index in [-0.39, 0.29) is 5.78 Å². The fourth-order valence-corrected chi connectivity index (χ4v) is 2.08. The van der Waals surface area contributed by atoms with E-state index in [2.05, 4.69) is 18.0 Å². The Morgan fingerprint density at radius 2 is 2.17 bits per heavy atom. The minimum Gasteiger partial charge on any atom is -0.335 e. The molecule has 18 heavy (non-hydrogen) atoms. The van der Waals surface area contributed by atoms with Gasteiger partial charge in [-0.15, -0.1) is 0 Å². The van der Waals surface area contributed by atoms with Crippen molar-refractivity contribution >= 4 is 5.78 Å². The molecule has 0 aliphatic heterocycles. The van der Waals surface area contributed by atoms with Gasteiger partial charge in [-0.25, -0.2) is 4.98 Å². The van der Waals surface area contributed by atoms with Crippen molar-refractivity contribution < 1.29 is 4.79 Å². The van der Waals surface area contributed by atoms with Crippen LogP contribution in [0, 0.1) is 6.92 Å². The predicted octanol–water partition coefficient (Wildman–Crippen LogP) is 2.57. The highest BCUT2D eigenvalue weighted by molar-refractivity contribution is 5.82. The summed E-state index contributed by atoms with van der Waals surface area (Å²) in [7, 11) is 0.